The van der Waals surface area contributed by atoms with E-state index in [9.17, 15) is 9.18 Å². The third-order valence-electron chi connectivity index (χ3n) is 5.91. The third-order valence-corrected chi connectivity index (χ3v) is 5.91. The zero-order chi connectivity index (χ0) is 19.8. The molecule has 0 spiro atoms. The van der Waals surface area contributed by atoms with Gasteiger partial charge >= 0.3 is 0 Å². The van der Waals surface area contributed by atoms with Crippen LogP contribution in [-0.2, 0) is 0 Å². The Morgan fingerprint density at radius 2 is 1.79 bits per heavy atom. The fourth-order valence-electron chi connectivity index (χ4n) is 4.47. The highest BCUT2D eigenvalue weighted by Gasteiger charge is 2.30. The molecule has 1 heterocycles. The predicted octanol–water partition coefficient (Wildman–Crippen LogP) is 4.69. The largest absolute Gasteiger partial charge is 0.378 e. The average Bonchev–Trinajstić information content (AvgIpc) is 3.20. The summed E-state index contributed by atoms with van der Waals surface area (Å²) in [5.41, 5.74) is 2.64. The molecular formula is C23H26FN3O. The molecule has 1 aliphatic carbocycles. The maximum atomic E-state index is 13.6. The third kappa shape index (κ3) is 3.30. The van der Waals surface area contributed by atoms with E-state index in [1.165, 1.54) is 25.0 Å². The number of nitrogens with zero attached hydrogens (tertiary/aromatic N) is 3. The standard InChI is InChI=1S/C23H26FN3O/c1-15-25-21-13-12-19(26(2)3)14-20(21)23(28)27(15)22(16-6-4-5-7-16)17-8-10-18(24)11-9-17/h8-14,16,22H,4-7H2,1-3H3. The number of hydrogen-bond donors (Lipinski definition) is 0. The summed E-state index contributed by atoms with van der Waals surface area (Å²) in [6.45, 7) is 1.90. The van der Waals surface area contributed by atoms with E-state index in [-0.39, 0.29) is 17.4 Å². The molecule has 1 fully saturated rings. The summed E-state index contributed by atoms with van der Waals surface area (Å²) < 4.78 is 15.4. The van der Waals surface area contributed by atoms with Crippen LogP contribution in [0, 0.1) is 18.7 Å². The first-order chi connectivity index (χ1) is 13.5. The van der Waals surface area contributed by atoms with Gasteiger partial charge in [-0.2, -0.15) is 0 Å². The second-order valence-electron chi connectivity index (χ2n) is 7.97. The Labute approximate surface area is 164 Å². The molecule has 4 nitrogen and oxygen atoms in total. The van der Waals surface area contributed by atoms with Gasteiger partial charge in [-0.15, -0.1) is 0 Å². The van der Waals surface area contributed by atoms with Crippen molar-refractivity contribution in [1.82, 2.24) is 9.55 Å². The molecule has 3 aromatic rings. The van der Waals surface area contributed by atoms with Crippen LogP contribution in [0.4, 0.5) is 10.1 Å². The number of anilines is 1. The molecule has 28 heavy (non-hydrogen) atoms. The molecule has 1 aliphatic rings. The SMILES string of the molecule is Cc1nc2ccc(N(C)C)cc2c(=O)n1C(c1ccc(F)cc1)C1CCCC1. The smallest absolute Gasteiger partial charge is 0.262 e. The highest BCUT2D eigenvalue weighted by Crippen LogP contribution is 2.38. The monoisotopic (exact) mass is 379 g/mol. The van der Waals surface area contributed by atoms with Crippen LogP contribution in [0.1, 0.15) is 43.1 Å². The van der Waals surface area contributed by atoms with Crippen LogP contribution in [0.3, 0.4) is 0 Å². The second kappa shape index (κ2) is 7.38. The van der Waals surface area contributed by atoms with Crippen molar-refractivity contribution in [3.8, 4) is 0 Å². The number of fused-ring (bicyclic) bond motifs is 1. The van der Waals surface area contributed by atoms with E-state index in [1.54, 1.807) is 0 Å². The van der Waals surface area contributed by atoms with Gasteiger partial charge in [0.25, 0.3) is 5.56 Å². The molecule has 2 aromatic carbocycles. The van der Waals surface area contributed by atoms with Crippen molar-refractivity contribution in [1.29, 1.82) is 0 Å². The van der Waals surface area contributed by atoms with Gasteiger partial charge in [-0.1, -0.05) is 25.0 Å². The van der Waals surface area contributed by atoms with Crippen LogP contribution in [0.5, 0.6) is 0 Å². The Balaban J connectivity index is 1.94. The lowest BCUT2D eigenvalue weighted by atomic mass is 9.91. The summed E-state index contributed by atoms with van der Waals surface area (Å²) >= 11 is 0. The number of rotatable bonds is 4. The van der Waals surface area contributed by atoms with Crippen molar-refractivity contribution in [3.63, 3.8) is 0 Å². The van der Waals surface area contributed by atoms with Crippen LogP contribution < -0.4 is 10.5 Å². The molecule has 1 saturated carbocycles. The quantitative estimate of drug-likeness (QED) is 0.660. The maximum Gasteiger partial charge on any atom is 0.262 e. The van der Waals surface area contributed by atoms with Crippen LogP contribution in [0.15, 0.2) is 47.3 Å². The predicted molar refractivity (Wildman–Crippen MR) is 112 cm³/mol. The lowest BCUT2D eigenvalue weighted by Crippen LogP contribution is -2.32. The van der Waals surface area contributed by atoms with Crippen LogP contribution in [0.25, 0.3) is 10.9 Å². The normalized spacial score (nSPS) is 15.9. The Hall–Kier alpha value is -2.69. The van der Waals surface area contributed by atoms with E-state index < -0.39 is 0 Å². The summed E-state index contributed by atoms with van der Waals surface area (Å²) in [4.78, 5) is 20.3. The molecule has 0 amide bonds. The minimum atomic E-state index is -0.259. The van der Waals surface area contributed by atoms with E-state index in [0.29, 0.717) is 22.6 Å². The van der Waals surface area contributed by atoms with E-state index in [4.69, 9.17) is 4.98 Å². The zero-order valence-corrected chi connectivity index (χ0v) is 16.7. The van der Waals surface area contributed by atoms with Crippen LogP contribution in [-0.4, -0.2) is 23.6 Å². The van der Waals surface area contributed by atoms with Gasteiger partial charge < -0.3 is 4.90 Å². The van der Waals surface area contributed by atoms with Crippen molar-refractivity contribution in [3.05, 3.63) is 70.0 Å². The number of halogens is 1. The van der Waals surface area contributed by atoms with Gasteiger partial charge in [0.05, 0.1) is 16.9 Å². The first-order valence-corrected chi connectivity index (χ1v) is 9.91. The van der Waals surface area contributed by atoms with Crippen LogP contribution >= 0.6 is 0 Å². The minimum absolute atomic E-state index is 0.0209. The summed E-state index contributed by atoms with van der Waals surface area (Å²) in [6.07, 6.45) is 4.48. The van der Waals surface area contributed by atoms with Crippen molar-refractivity contribution >= 4 is 16.6 Å². The van der Waals surface area contributed by atoms with Crippen molar-refractivity contribution in [2.24, 2.45) is 5.92 Å². The highest BCUT2D eigenvalue weighted by molar-refractivity contribution is 5.81. The van der Waals surface area contributed by atoms with Gasteiger partial charge in [-0.3, -0.25) is 9.36 Å². The van der Waals surface area contributed by atoms with Gasteiger partial charge in [0, 0.05) is 19.8 Å². The van der Waals surface area contributed by atoms with E-state index in [1.807, 2.05) is 60.8 Å². The molecule has 0 radical (unpaired) electrons. The molecule has 1 atom stereocenters. The first kappa shape index (κ1) is 18.7. The summed E-state index contributed by atoms with van der Waals surface area (Å²) in [6, 6.07) is 12.3. The second-order valence-corrected chi connectivity index (χ2v) is 7.97. The molecule has 146 valence electrons. The molecule has 1 unspecified atom stereocenters. The van der Waals surface area contributed by atoms with Crippen molar-refractivity contribution in [2.75, 3.05) is 19.0 Å². The molecule has 0 aliphatic heterocycles. The maximum absolute atomic E-state index is 13.6. The Bertz CT molecular complexity index is 1050. The fourth-order valence-corrected chi connectivity index (χ4v) is 4.47. The lowest BCUT2D eigenvalue weighted by Gasteiger charge is -2.28. The summed E-state index contributed by atoms with van der Waals surface area (Å²) in [5.74, 6) is 0.805. The van der Waals surface area contributed by atoms with Crippen molar-refractivity contribution < 1.29 is 4.39 Å². The molecule has 0 saturated heterocycles. The molecule has 0 bridgehead atoms. The Morgan fingerprint density at radius 3 is 2.43 bits per heavy atom. The highest BCUT2D eigenvalue weighted by atomic mass is 19.1. The molecule has 0 N–H and O–H groups in total. The van der Waals surface area contributed by atoms with E-state index in [0.717, 1.165) is 24.1 Å². The summed E-state index contributed by atoms with van der Waals surface area (Å²) in [5, 5.41) is 0.627. The number of benzene rings is 2. The minimum Gasteiger partial charge on any atom is -0.378 e. The average molecular weight is 379 g/mol. The van der Waals surface area contributed by atoms with Crippen molar-refractivity contribution in [2.45, 2.75) is 38.6 Å². The zero-order valence-electron chi connectivity index (χ0n) is 16.7. The van der Waals surface area contributed by atoms with Gasteiger partial charge in [0.2, 0.25) is 0 Å². The number of hydrogen-bond acceptors (Lipinski definition) is 3. The lowest BCUT2D eigenvalue weighted by molar-refractivity contribution is 0.370. The van der Waals surface area contributed by atoms with Crippen LogP contribution in [0.2, 0.25) is 0 Å². The topological polar surface area (TPSA) is 38.1 Å². The first-order valence-electron chi connectivity index (χ1n) is 9.91. The molecule has 4 rings (SSSR count). The van der Waals surface area contributed by atoms with Gasteiger partial charge in [-0.25, -0.2) is 9.37 Å². The fraction of sp³-hybridized carbons (Fsp3) is 0.391. The van der Waals surface area contributed by atoms with Gasteiger partial charge in [0.15, 0.2) is 0 Å². The van der Waals surface area contributed by atoms with Gasteiger partial charge in [0.1, 0.15) is 11.6 Å². The number of aryl methyl sites for hydroxylation is 1. The Kier molecular flexibility index (Phi) is 4.92. The van der Waals surface area contributed by atoms with E-state index >= 15 is 0 Å². The number of aromatic nitrogens is 2. The summed E-state index contributed by atoms with van der Waals surface area (Å²) in [7, 11) is 3.92. The Morgan fingerprint density at radius 1 is 1.11 bits per heavy atom. The molecular weight excluding hydrogens is 353 g/mol. The van der Waals surface area contributed by atoms with E-state index in [2.05, 4.69) is 0 Å². The van der Waals surface area contributed by atoms with Gasteiger partial charge in [-0.05, 0) is 61.6 Å². The molecule has 5 heteroatoms. The molecule has 1 aromatic heterocycles.